The lowest BCUT2D eigenvalue weighted by molar-refractivity contribution is 0.322. The topological polar surface area (TPSA) is 55.0 Å². The average Bonchev–Trinajstić information content (AvgIpc) is 2.20. The zero-order valence-electron chi connectivity index (χ0n) is 10.3. The number of nitrogen functional groups attached to an aromatic ring is 1. The molecule has 88 valence electrons. The number of aromatic nitrogens is 2. The van der Waals surface area contributed by atoms with Crippen LogP contribution in [0.25, 0.3) is 0 Å². The molecule has 1 aromatic heterocycles. The maximum atomic E-state index is 5.75. The first-order valence-electron chi connectivity index (χ1n) is 5.92. The molecule has 1 aliphatic rings. The van der Waals surface area contributed by atoms with Crippen LogP contribution in [0.5, 0.6) is 0 Å². The van der Waals surface area contributed by atoms with Gasteiger partial charge in [0.1, 0.15) is 17.5 Å². The Labute approximate surface area is 96.9 Å². The van der Waals surface area contributed by atoms with Gasteiger partial charge in [-0.1, -0.05) is 13.8 Å². The van der Waals surface area contributed by atoms with Gasteiger partial charge in [-0.3, -0.25) is 0 Å². The number of hydrogen-bond donors (Lipinski definition) is 1. The fourth-order valence-corrected chi connectivity index (χ4v) is 2.21. The Morgan fingerprint density at radius 3 is 2.69 bits per heavy atom. The van der Waals surface area contributed by atoms with E-state index in [2.05, 4.69) is 28.7 Å². The van der Waals surface area contributed by atoms with E-state index in [1.807, 2.05) is 13.0 Å². The molecular formula is C12H20N4. The summed E-state index contributed by atoms with van der Waals surface area (Å²) >= 11 is 0. The number of aryl methyl sites for hydroxylation is 1. The lowest BCUT2D eigenvalue weighted by atomic mass is 9.89. The summed E-state index contributed by atoms with van der Waals surface area (Å²) in [5.74, 6) is 3.81. The standard InChI is InChI=1S/C12H20N4/c1-8-4-5-16(7-9(8)2)12-6-11(13)14-10(3)15-12/h6,8-9H,4-5,7H2,1-3H3,(H2,13,14,15). The van der Waals surface area contributed by atoms with Gasteiger partial charge in [0, 0.05) is 19.2 Å². The average molecular weight is 220 g/mol. The summed E-state index contributed by atoms with van der Waals surface area (Å²) in [4.78, 5) is 10.9. The van der Waals surface area contributed by atoms with Gasteiger partial charge in [0.2, 0.25) is 0 Å². The van der Waals surface area contributed by atoms with Crippen LogP contribution in [0.4, 0.5) is 11.6 Å². The minimum absolute atomic E-state index is 0.564. The van der Waals surface area contributed by atoms with Crippen molar-refractivity contribution in [3.05, 3.63) is 11.9 Å². The van der Waals surface area contributed by atoms with Crippen LogP contribution >= 0.6 is 0 Å². The van der Waals surface area contributed by atoms with E-state index in [1.165, 1.54) is 6.42 Å². The summed E-state index contributed by atoms with van der Waals surface area (Å²) in [6.45, 7) is 8.64. The second-order valence-electron chi connectivity index (χ2n) is 4.89. The van der Waals surface area contributed by atoms with E-state index in [0.717, 1.165) is 30.6 Å². The number of anilines is 2. The Hall–Kier alpha value is -1.32. The molecular weight excluding hydrogens is 200 g/mol. The van der Waals surface area contributed by atoms with Crippen LogP contribution in [0.2, 0.25) is 0 Å². The zero-order chi connectivity index (χ0) is 11.7. The molecule has 1 fully saturated rings. The highest BCUT2D eigenvalue weighted by Crippen LogP contribution is 2.26. The molecule has 0 radical (unpaired) electrons. The molecule has 2 rings (SSSR count). The van der Waals surface area contributed by atoms with E-state index in [1.54, 1.807) is 0 Å². The van der Waals surface area contributed by atoms with Gasteiger partial charge in [0.15, 0.2) is 0 Å². The van der Waals surface area contributed by atoms with Crippen molar-refractivity contribution >= 4 is 11.6 Å². The molecule has 2 atom stereocenters. The van der Waals surface area contributed by atoms with Crippen molar-refractivity contribution < 1.29 is 0 Å². The molecule has 4 nitrogen and oxygen atoms in total. The molecule has 1 aromatic rings. The minimum atomic E-state index is 0.564. The van der Waals surface area contributed by atoms with Crippen molar-refractivity contribution in [1.29, 1.82) is 0 Å². The third-order valence-corrected chi connectivity index (χ3v) is 3.50. The Bertz CT molecular complexity index is 357. The number of nitrogens with two attached hydrogens (primary N) is 1. The first-order chi connectivity index (χ1) is 7.56. The summed E-state index contributed by atoms with van der Waals surface area (Å²) in [5.41, 5.74) is 5.75. The SMILES string of the molecule is Cc1nc(N)cc(N2CCC(C)C(C)C2)n1. The van der Waals surface area contributed by atoms with Crippen LogP contribution in [0.3, 0.4) is 0 Å². The Balaban J connectivity index is 2.18. The lowest BCUT2D eigenvalue weighted by Gasteiger charge is -2.36. The van der Waals surface area contributed by atoms with Gasteiger partial charge >= 0.3 is 0 Å². The normalized spacial score (nSPS) is 25.8. The molecule has 2 unspecified atom stereocenters. The van der Waals surface area contributed by atoms with Crippen LogP contribution in [0, 0.1) is 18.8 Å². The minimum Gasteiger partial charge on any atom is -0.384 e. The molecule has 0 amide bonds. The number of rotatable bonds is 1. The predicted octanol–water partition coefficient (Wildman–Crippen LogP) is 1.85. The Kier molecular flexibility index (Phi) is 2.99. The number of hydrogen-bond acceptors (Lipinski definition) is 4. The van der Waals surface area contributed by atoms with Crippen molar-refractivity contribution in [1.82, 2.24) is 9.97 Å². The summed E-state index contributed by atoms with van der Waals surface area (Å²) < 4.78 is 0. The van der Waals surface area contributed by atoms with E-state index in [0.29, 0.717) is 11.7 Å². The van der Waals surface area contributed by atoms with Crippen LogP contribution in [-0.2, 0) is 0 Å². The predicted molar refractivity (Wildman–Crippen MR) is 66.3 cm³/mol. The van der Waals surface area contributed by atoms with Crippen LogP contribution < -0.4 is 10.6 Å². The van der Waals surface area contributed by atoms with Crippen LogP contribution in [-0.4, -0.2) is 23.1 Å². The van der Waals surface area contributed by atoms with E-state index < -0.39 is 0 Å². The van der Waals surface area contributed by atoms with Gasteiger partial charge < -0.3 is 10.6 Å². The first-order valence-corrected chi connectivity index (χ1v) is 5.92. The Morgan fingerprint density at radius 2 is 2.06 bits per heavy atom. The molecule has 0 bridgehead atoms. The monoisotopic (exact) mass is 220 g/mol. The highest BCUT2D eigenvalue weighted by atomic mass is 15.2. The van der Waals surface area contributed by atoms with Crippen molar-refractivity contribution in [3.63, 3.8) is 0 Å². The summed E-state index contributed by atoms with van der Waals surface area (Å²) in [7, 11) is 0. The van der Waals surface area contributed by atoms with E-state index in [9.17, 15) is 0 Å². The van der Waals surface area contributed by atoms with E-state index in [-0.39, 0.29) is 0 Å². The van der Waals surface area contributed by atoms with Gasteiger partial charge in [0.05, 0.1) is 0 Å². The maximum absolute atomic E-state index is 5.75. The Morgan fingerprint density at radius 1 is 1.31 bits per heavy atom. The third-order valence-electron chi connectivity index (χ3n) is 3.50. The summed E-state index contributed by atoms with van der Waals surface area (Å²) in [5, 5.41) is 0. The number of nitrogens with zero attached hydrogens (tertiary/aromatic N) is 3. The smallest absolute Gasteiger partial charge is 0.134 e. The third kappa shape index (κ3) is 2.26. The molecule has 2 heterocycles. The van der Waals surface area contributed by atoms with Crippen molar-refractivity contribution in [2.24, 2.45) is 11.8 Å². The number of piperidine rings is 1. The van der Waals surface area contributed by atoms with E-state index in [4.69, 9.17) is 5.73 Å². The van der Waals surface area contributed by atoms with Crippen LogP contribution in [0.1, 0.15) is 26.1 Å². The molecule has 1 aliphatic heterocycles. The highest BCUT2D eigenvalue weighted by molar-refractivity contribution is 5.47. The van der Waals surface area contributed by atoms with Crippen molar-refractivity contribution in [2.45, 2.75) is 27.2 Å². The molecule has 16 heavy (non-hydrogen) atoms. The molecule has 1 saturated heterocycles. The van der Waals surface area contributed by atoms with Gasteiger partial charge in [0.25, 0.3) is 0 Å². The first kappa shape index (κ1) is 11.2. The molecule has 0 saturated carbocycles. The summed E-state index contributed by atoms with van der Waals surface area (Å²) in [6.07, 6.45) is 1.23. The molecule has 0 spiro atoms. The second kappa shape index (κ2) is 4.28. The van der Waals surface area contributed by atoms with Gasteiger partial charge in [-0.15, -0.1) is 0 Å². The van der Waals surface area contributed by atoms with Crippen molar-refractivity contribution in [2.75, 3.05) is 23.7 Å². The van der Waals surface area contributed by atoms with Gasteiger partial charge in [-0.05, 0) is 25.2 Å². The molecule has 0 aromatic carbocycles. The summed E-state index contributed by atoms with van der Waals surface area (Å²) in [6, 6.07) is 1.87. The van der Waals surface area contributed by atoms with Crippen LogP contribution in [0.15, 0.2) is 6.07 Å². The largest absolute Gasteiger partial charge is 0.384 e. The van der Waals surface area contributed by atoms with Gasteiger partial charge in [-0.2, -0.15) is 0 Å². The lowest BCUT2D eigenvalue weighted by Crippen LogP contribution is -2.39. The fourth-order valence-electron chi connectivity index (χ4n) is 2.21. The van der Waals surface area contributed by atoms with Gasteiger partial charge in [-0.25, -0.2) is 9.97 Å². The van der Waals surface area contributed by atoms with Crippen molar-refractivity contribution in [3.8, 4) is 0 Å². The zero-order valence-corrected chi connectivity index (χ0v) is 10.3. The maximum Gasteiger partial charge on any atom is 0.134 e. The molecule has 4 heteroatoms. The second-order valence-corrected chi connectivity index (χ2v) is 4.89. The van der Waals surface area contributed by atoms with E-state index >= 15 is 0 Å². The quantitative estimate of drug-likeness (QED) is 0.784. The molecule has 0 aliphatic carbocycles. The molecule has 2 N–H and O–H groups in total. The fraction of sp³-hybridized carbons (Fsp3) is 0.667. The highest BCUT2D eigenvalue weighted by Gasteiger charge is 2.23.